The van der Waals surface area contributed by atoms with E-state index in [1.54, 1.807) is 0 Å². The second-order valence-electron chi connectivity index (χ2n) is 8.05. The maximum absolute atomic E-state index is 12.4. The summed E-state index contributed by atoms with van der Waals surface area (Å²) in [5.74, 6) is 2.73. The Morgan fingerprint density at radius 3 is 2.66 bits per heavy atom. The van der Waals surface area contributed by atoms with Crippen molar-refractivity contribution >= 4 is 17.5 Å². The number of hydrogen-bond donors (Lipinski definition) is 0. The number of furan rings is 1. The van der Waals surface area contributed by atoms with Gasteiger partial charge in [0.25, 0.3) is 0 Å². The Labute approximate surface area is 177 Å². The van der Waals surface area contributed by atoms with Crippen molar-refractivity contribution in [2.24, 2.45) is 5.92 Å². The van der Waals surface area contributed by atoms with E-state index in [0.717, 1.165) is 61.3 Å². The number of carbonyl (C=O) groups is 1. The van der Waals surface area contributed by atoms with Crippen LogP contribution >= 0.6 is 11.6 Å². The minimum absolute atomic E-state index is 0.282. The molecule has 1 aromatic carbocycles. The molecule has 1 unspecified atom stereocenters. The van der Waals surface area contributed by atoms with Crippen LogP contribution in [-0.4, -0.2) is 55.1 Å². The summed E-state index contributed by atoms with van der Waals surface area (Å²) in [5.41, 5.74) is 1.04. The van der Waals surface area contributed by atoms with Gasteiger partial charge in [0.1, 0.15) is 11.5 Å². The fourth-order valence-corrected chi connectivity index (χ4v) is 4.41. The van der Waals surface area contributed by atoms with Crippen molar-refractivity contribution < 1.29 is 13.9 Å². The smallest absolute Gasteiger partial charge is 0.222 e. The van der Waals surface area contributed by atoms with Crippen LogP contribution < -0.4 is 0 Å². The first kappa shape index (κ1) is 20.5. The molecule has 0 aliphatic carbocycles. The Balaban J connectivity index is 1.26. The number of rotatable bonds is 6. The maximum atomic E-state index is 12.4. The molecule has 0 radical (unpaired) electrons. The quantitative estimate of drug-likeness (QED) is 0.697. The first-order valence-corrected chi connectivity index (χ1v) is 11.0. The molecule has 0 saturated carbocycles. The lowest BCUT2D eigenvalue weighted by atomic mass is 9.93. The Bertz CT molecular complexity index is 799. The number of morpholine rings is 1. The Kier molecular flexibility index (Phi) is 6.90. The van der Waals surface area contributed by atoms with Gasteiger partial charge in [-0.2, -0.15) is 0 Å². The SMILES string of the molecule is O=C(CCC1CCCN(Cc2ccc(-c3ccc(Cl)cc3)o2)C1)N1CCOCC1. The lowest BCUT2D eigenvalue weighted by molar-refractivity contribution is -0.135. The van der Waals surface area contributed by atoms with Gasteiger partial charge in [-0.25, -0.2) is 0 Å². The monoisotopic (exact) mass is 416 g/mol. The number of amides is 1. The number of carbonyl (C=O) groups excluding carboxylic acids is 1. The third kappa shape index (κ3) is 5.62. The highest BCUT2D eigenvalue weighted by molar-refractivity contribution is 6.30. The van der Waals surface area contributed by atoms with Crippen LogP contribution in [0.5, 0.6) is 0 Å². The summed E-state index contributed by atoms with van der Waals surface area (Å²) >= 11 is 5.97. The number of likely N-dealkylation sites (tertiary alicyclic amines) is 1. The molecule has 2 aromatic rings. The summed E-state index contributed by atoms with van der Waals surface area (Å²) in [7, 11) is 0. The summed E-state index contributed by atoms with van der Waals surface area (Å²) in [6.07, 6.45) is 4.02. The highest BCUT2D eigenvalue weighted by Crippen LogP contribution is 2.27. The minimum atomic E-state index is 0.282. The molecule has 156 valence electrons. The highest BCUT2D eigenvalue weighted by Gasteiger charge is 2.23. The molecule has 2 saturated heterocycles. The molecular formula is C23H29ClN2O3. The van der Waals surface area contributed by atoms with Crippen LogP contribution in [0.4, 0.5) is 0 Å². The zero-order valence-corrected chi connectivity index (χ0v) is 17.6. The van der Waals surface area contributed by atoms with Crippen molar-refractivity contribution in [2.75, 3.05) is 39.4 Å². The van der Waals surface area contributed by atoms with Crippen LogP contribution in [0.1, 0.15) is 31.4 Å². The average molecular weight is 417 g/mol. The Morgan fingerprint density at radius 1 is 1.07 bits per heavy atom. The van der Waals surface area contributed by atoms with Gasteiger partial charge >= 0.3 is 0 Å². The molecule has 6 heteroatoms. The zero-order valence-electron chi connectivity index (χ0n) is 16.8. The molecule has 2 aliphatic rings. The summed E-state index contributed by atoms with van der Waals surface area (Å²) in [5, 5.41) is 0.729. The average Bonchev–Trinajstić information content (AvgIpc) is 3.22. The van der Waals surface area contributed by atoms with Gasteiger partial charge in [0.15, 0.2) is 0 Å². The van der Waals surface area contributed by atoms with E-state index in [1.165, 1.54) is 12.8 Å². The van der Waals surface area contributed by atoms with Gasteiger partial charge < -0.3 is 14.1 Å². The molecule has 0 N–H and O–H groups in total. The summed E-state index contributed by atoms with van der Waals surface area (Å²) in [6.45, 7) is 5.77. The molecule has 29 heavy (non-hydrogen) atoms. The molecule has 4 rings (SSSR count). The van der Waals surface area contributed by atoms with Crippen molar-refractivity contribution in [3.8, 4) is 11.3 Å². The fraction of sp³-hybridized carbons (Fsp3) is 0.522. The lowest BCUT2D eigenvalue weighted by Crippen LogP contribution is -2.41. The molecular weight excluding hydrogens is 388 g/mol. The third-order valence-corrected chi connectivity index (χ3v) is 6.16. The van der Waals surface area contributed by atoms with Gasteiger partial charge in [0.05, 0.1) is 19.8 Å². The van der Waals surface area contributed by atoms with E-state index in [1.807, 2.05) is 35.2 Å². The van der Waals surface area contributed by atoms with Gasteiger partial charge in [-0.1, -0.05) is 11.6 Å². The van der Waals surface area contributed by atoms with E-state index in [0.29, 0.717) is 25.6 Å². The third-order valence-electron chi connectivity index (χ3n) is 5.90. The van der Waals surface area contributed by atoms with Crippen molar-refractivity contribution in [3.63, 3.8) is 0 Å². The van der Waals surface area contributed by atoms with E-state index < -0.39 is 0 Å². The second-order valence-corrected chi connectivity index (χ2v) is 8.48. The first-order chi connectivity index (χ1) is 14.2. The van der Waals surface area contributed by atoms with Gasteiger partial charge in [-0.05, 0) is 68.1 Å². The van der Waals surface area contributed by atoms with E-state index in [2.05, 4.69) is 11.0 Å². The van der Waals surface area contributed by atoms with Gasteiger partial charge in [-0.15, -0.1) is 0 Å². The number of piperidine rings is 1. The minimum Gasteiger partial charge on any atom is -0.460 e. The molecule has 5 nitrogen and oxygen atoms in total. The van der Waals surface area contributed by atoms with Gasteiger partial charge in [0, 0.05) is 36.6 Å². The van der Waals surface area contributed by atoms with Crippen LogP contribution in [0.3, 0.4) is 0 Å². The summed E-state index contributed by atoms with van der Waals surface area (Å²) in [6, 6.07) is 11.8. The van der Waals surface area contributed by atoms with Gasteiger partial charge in [-0.3, -0.25) is 9.69 Å². The summed E-state index contributed by atoms with van der Waals surface area (Å²) in [4.78, 5) is 16.8. The van der Waals surface area contributed by atoms with Crippen LogP contribution in [0.25, 0.3) is 11.3 Å². The van der Waals surface area contributed by atoms with Gasteiger partial charge in [0.2, 0.25) is 5.91 Å². The van der Waals surface area contributed by atoms with E-state index >= 15 is 0 Å². The van der Waals surface area contributed by atoms with Crippen molar-refractivity contribution in [2.45, 2.75) is 32.2 Å². The normalized spacial score (nSPS) is 20.7. The molecule has 2 fully saturated rings. The van der Waals surface area contributed by atoms with Crippen LogP contribution in [0, 0.1) is 5.92 Å². The zero-order chi connectivity index (χ0) is 20.1. The van der Waals surface area contributed by atoms with Crippen LogP contribution in [0.15, 0.2) is 40.8 Å². The number of halogens is 1. The second kappa shape index (κ2) is 9.79. The molecule has 1 atom stereocenters. The molecule has 0 bridgehead atoms. The fourth-order valence-electron chi connectivity index (χ4n) is 4.28. The topological polar surface area (TPSA) is 45.9 Å². The lowest BCUT2D eigenvalue weighted by Gasteiger charge is -2.33. The molecule has 2 aliphatic heterocycles. The number of hydrogen-bond acceptors (Lipinski definition) is 4. The number of benzene rings is 1. The molecule has 0 spiro atoms. The molecule has 1 aromatic heterocycles. The number of ether oxygens (including phenoxy) is 1. The van der Waals surface area contributed by atoms with Crippen molar-refractivity contribution in [1.29, 1.82) is 0 Å². The van der Waals surface area contributed by atoms with Crippen molar-refractivity contribution in [1.82, 2.24) is 9.80 Å². The Hall–Kier alpha value is -1.82. The predicted molar refractivity (Wildman–Crippen MR) is 114 cm³/mol. The van der Waals surface area contributed by atoms with Crippen LogP contribution in [-0.2, 0) is 16.1 Å². The highest BCUT2D eigenvalue weighted by atomic mass is 35.5. The van der Waals surface area contributed by atoms with Crippen LogP contribution in [0.2, 0.25) is 5.02 Å². The van der Waals surface area contributed by atoms with E-state index in [9.17, 15) is 4.79 Å². The molecule has 3 heterocycles. The standard InChI is InChI=1S/C23H29ClN2O3/c24-20-6-4-19(5-7-20)22-9-8-21(29-22)17-25-11-1-2-18(16-25)3-10-23(27)26-12-14-28-15-13-26/h4-9,18H,1-3,10-17H2. The van der Waals surface area contributed by atoms with E-state index in [-0.39, 0.29) is 5.91 Å². The first-order valence-electron chi connectivity index (χ1n) is 10.6. The Morgan fingerprint density at radius 2 is 1.86 bits per heavy atom. The largest absolute Gasteiger partial charge is 0.460 e. The predicted octanol–water partition coefficient (Wildman–Crippen LogP) is 4.45. The number of nitrogens with zero attached hydrogens (tertiary/aromatic N) is 2. The summed E-state index contributed by atoms with van der Waals surface area (Å²) < 4.78 is 11.4. The van der Waals surface area contributed by atoms with Crippen molar-refractivity contribution in [3.05, 3.63) is 47.2 Å². The van der Waals surface area contributed by atoms with E-state index in [4.69, 9.17) is 20.8 Å². The molecule has 1 amide bonds. The maximum Gasteiger partial charge on any atom is 0.222 e.